The van der Waals surface area contributed by atoms with Gasteiger partial charge in [0.1, 0.15) is 5.82 Å². The highest BCUT2D eigenvalue weighted by molar-refractivity contribution is 5.65. The minimum absolute atomic E-state index is 0.00955. The third-order valence-electron chi connectivity index (χ3n) is 7.03. The fraction of sp³-hybridized carbons (Fsp3) is 0.400. The van der Waals surface area contributed by atoms with E-state index in [1.54, 1.807) is 24.3 Å². The molecule has 1 aliphatic carbocycles. The maximum absolute atomic E-state index is 15.1. The number of halogens is 3. The van der Waals surface area contributed by atoms with Gasteiger partial charge in [-0.25, -0.2) is 13.2 Å². The summed E-state index contributed by atoms with van der Waals surface area (Å²) in [6.45, 7) is 4.35. The summed E-state index contributed by atoms with van der Waals surface area (Å²) in [4.78, 5) is 0. The van der Waals surface area contributed by atoms with Crippen molar-refractivity contribution in [3.63, 3.8) is 0 Å². The molecule has 3 aromatic carbocycles. The predicted molar refractivity (Wildman–Crippen MR) is 131 cm³/mol. The van der Waals surface area contributed by atoms with Gasteiger partial charge in [0.05, 0.1) is 12.7 Å². The fourth-order valence-electron chi connectivity index (χ4n) is 4.92. The van der Waals surface area contributed by atoms with E-state index < -0.39 is 11.6 Å². The number of rotatable bonds is 8. The Hall–Kier alpha value is -2.59. The van der Waals surface area contributed by atoms with Gasteiger partial charge in [-0.1, -0.05) is 68.8 Å². The highest BCUT2D eigenvalue weighted by Gasteiger charge is 2.27. The second-order valence-electron chi connectivity index (χ2n) is 9.34. The molecule has 3 aromatic rings. The van der Waals surface area contributed by atoms with Gasteiger partial charge in [-0.15, -0.1) is 0 Å². The molecule has 0 saturated heterocycles. The number of hydrogen-bond donors (Lipinski definition) is 0. The molecule has 1 saturated carbocycles. The van der Waals surface area contributed by atoms with E-state index in [1.165, 1.54) is 5.56 Å². The smallest absolute Gasteiger partial charge is 0.166 e. The molecule has 0 radical (unpaired) electrons. The summed E-state index contributed by atoms with van der Waals surface area (Å²) in [6, 6.07) is 16.4. The Kier molecular flexibility index (Phi) is 8.10. The van der Waals surface area contributed by atoms with E-state index in [0.717, 1.165) is 50.5 Å². The molecule has 0 atom stereocenters. The topological polar surface area (TPSA) is 9.23 Å². The zero-order valence-corrected chi connectivity index (χ0v) is 20.0. The lowest BCUT2D eigenvalue weighted by molar-refractivity contribution is 0.0119. The molecular weight excluding hydrogens is 433 g/mol. The van der Waals surface area contributed by atoms with E-state index in [1.807, 2.05) is 37.3 Å². The van der Waals surface area contributed by atoms with Gasteiger partial charge in [0.15, 0.2) is 11.6 Å². The molecule has 4 heteroatoms. The summed E-state index contributed by atoms with van der Waals surface area (Å²) in [5, 5.41) is 0. The predicted octanol–water partition coefficient (Wildman–Crippen LogP) is 8.53. The molecule has 0 aromatic heterocycles. The molecule has 0 unspecified atom stereocenters. The van der Waals surface area contributed by atoms with Crippen LogP contribution in [0.1, 0.15) is 74.1 Å². The van der Waals surface area contributed by atoms with Crippen LogP contribution in [-0.4, -0.2) is 6.10 Å². The SMILES string of the molecule is CCCc1ccc(-c2ccc(C3CCC(OCc4ccc(CC)cc4F)CC3)c(F)c2F)cc1. The van der Waals surface area contributed by atoms with Crippen molar-refractivity contribution in [2.45, 2.75) is 77.4 Å². The van der Waals surface area contributed by atoms with Crippen LogP contribution < -0.4 is 0 Å². The molecule has 0 N–H and O–H groups in total. The molecule has 1 aliphatic rings. The molecule has 34 heavy (non-hydrogen) atoms. The molecule has 1 nitrogen and oxygen atoms in total. The Morgan fingerprint density at radius 3 is 2.15 bits per heavy atom. The fourth-order valence-corrected chi connectivity index (χ4v) is 4.92. The van der Waals surface area contributed by atoms with E-state index in [9.17, 15) is 8.78 Å². The second-order valence-corrected chi connectivity index (χ2v) is 9.34. The summed E-state index contributed by atoms with van der Waals surface area (Å²) in [7, 11) is 0. The first-order valence-electron chi connectivity index (χ1n) is 12.5. The molecule has 1 fully saturated rings. The van der Waals surface area contributed by atoms with Crippen molar-refractivity contribution >= 4 is 0 Å². The Labute approximate surface area is 201 Å². The third-order valence-corrected chi connectivity index (χ3v) is 7.03. The van der Waals surface area contributed by atoms with Gasteiger partial charge in [0, 0.05) is 11.1 Å². The molecule has 0 aliphatic heterocycles. The largest absolute Gasteiger partial charge is 0.373 e. The van der Waals surface area contributed by atoms with Crippen molar-refractivity contribution in [1.82, 2.24) is 0 Å². The van der Waals surface area contributed by atoms with Gasteiger partial charge < -0.3 is 4.74 Å². The highest BCUT2D eigenvalue weighted by atomic mass is 19.2. The van der Waals surface area contributed by atoms with Gasteiger partial charge in [-0.3, -0.25) is 0 Å². The van der Waals surface area contributed by atoms with Crippen molar-refractivity contribution in [2.24, 2.45) is 0 Å². The van der Waals surface area contributed by atoms with Crippen molar-refractivity contribution in [3.8, 4) is 11.1 Å². The van der Waals surface area contributed by atoms with Crippen LogP contribution in [0.25, 0.3) is 11.1 Å². The van der Waals surface area contributed by atoms with E-state index in [2.05, 4.69) is 6.92 Å². The lowest BCUT2D eigenvalue weighted by atomic mass is 9.82. The normalized spacial score (nSPS) is 18.3. The molecule has 0 heterocycles. The van der Waals surface area contributed by atoms with E-state index in [-0.39, 0.29) is 24.4 Å². The molecule has 4 rings (SSSR count). The minimum Gasteiger partial charge on any atom is -0.373 e. The quantitative estimate of drug-likeness (QED) is 0.323. The van der Waals surface area contributed by atoms with Crippen molar-refractivity contribution in [1.29, 1.82) is 0 Å². The highest BCUT2D eigenvalue weighted by Crippen LogP contribution is 2.38. The van der Waals surface area contributed by atoms with Crippen molar-refractivity contribution in [3.05, 3.63) is 94.3 Å². The molecule has 0 amide bonds. The van der Waals surface area contributed by atoms with Crippen LogP contribution in [0.3, 0.4) is 0 Å². The first kappa shape index (κ1) is 24.5. The van der Waals surface area contributed by atoms with Crippen LogP contribution >= 0.6 is 0 Å². The van der Waals surface area contributed by atoms with Gasteiger partial charge >= 0.3 is 0 Å². The van der Waals surface area contributed by atoms with Crippen LogP contribution in [0, 0.1) is 17.5 Å². The lowest BCUT2D eigenvalue weighted by Crippen LogP contribution is -2.21. The Morgan fingerprint density at radius 2 is 1.50 bits per heavy atom. The first-order valence-corrected chi connectivity index (χ1v) is 12.5. The number of benzene rings is 3. The van der Waals surface area contributed by atoms with Gasteiger partial charge in [-0.2, -0.15) is 0 Å². The monoisotopic (exact) mass is 466 g/mol. The van der Waals surface area contributed by atoms with Crippen LogP contribution in [0.2, 0.25) is 0 Å². The first-order chi connectivity index (χ1) is 16.5. The molecular formula is C30H33F3O. The Balaban J connectivity index is 1.37. The Bertz CT molecular complexity index is 1100. The van der Waals surface area contributed by atoms with E-state index in [0.29, 0.717) is 22.3 Å². The van der Waals surface area contributed by atoms with Crippen LogP contribution in [0.15, 0.2) is 54.6 Å². The Morgan fingerprint density at radius 1 is 0.794 bits per heavy atom. The maximum atomic E-state index is 15.1. The summed E-state index contributed by atoms with van der Waals surface area (Å²) in [5.74, 6) is -1.77. The number of hydrogen-bond acceptors (Lipinski definition) is 1. The number of aryl methyl sites for hydroxylation is 2. The van der Waals surface area contributed by atoms with Crippen molar-refractivity contribution in [2.75, 3.05) is 0 Å². The average Bonchev–Trinajstić information content (AvgIpc) is 2.86. The maximum Gasteiger partial charge on any atom is 0.166 e. The summed E-state index contributed by atoms with van der Waals surface area (Å²) in [6.07, 6.45) is 5.78. The second kappa shape index (κ2) is 11.2. The average molecular weight is 467 g/mol. The molecule has 0 bridgehead atoms. The summed E-state index contributed by atoms with van der Waals surface area (Å²) in [5.41, 5.74) is 4.17. The zero-order valence-electron chi connectivity index (χ0n) is 20.0. The van der Waals surface area contributed by atoms with E-state index in [4.69, 9.17) is 4.74 Å². The van der Waals surface area contributed by atoms with Gasteiger partial charge in [0.25, 0.3) is 0 Å². The van der Waals surface area contributed by atoms with Crippen LogP contribution in [0.4, 0.5) is 13.2 Å². The lowest BCUT2D eigenvalue weighted by Gasteiger charge is -2.29. The minimum atomic E-state index is -0.773. The van der Waals surface area contributed by atoms with Crippen LogP contribution in [0.5, 0.6) is 0 Å². The van der Waals surface area contributed by atoms with E-state index >= 15 is 4.39 Å². The molecule has 0 spiro atoms. The van der Waals surface area contributed by atoms with Crippen molar-refractivity contribution < 1.29 is 17.9 Å². The zero-order chi connectivity index (χ0) is 24.1. The molecule has 180 valence electrons. The van der Waals surface area contributed by atoms with Gasteiger partial charge in [-0.05, 0) is 72.8 Å². The summed E-state index contributed by atoms with van der Waals surface area (Å²) < 4.78 is 50.2. The van der Waals surface area contributed by atoms with Crippen LogP contribution in [-0.2, 0) is 24.2 Å². The standard InChI is InChI=1S/C30H33F3O/c1-3-5-21-7-9-22(10-8-21)26-16-17-27(30(33)29(26)32)23-12-14-25(15-13-23)34-19-24-11-6-20(4-2)18-28(24)31/h6-11,16-18,23,25H,3-5,12-15,19H2,1-2H3. The summed E-state index contributed by atoms with van der Waals surface area (Å²) >= 11 is 0. The third kappa shape index (κ3) is 5.55. The number of ether oxygens (including phenoxy) is 1. The van der Waals surface area contributed by atoms with Gasteiger partial charge in [0.2, 0.25) is 0 Å².